The van der Waals surface area contributed by atoms with Crippen molar-refractivity contribution in [2.75, 3.05) is 20.1 Å². The van der Waals surface area contributed by atoms with Crippen LogP contribution in [0.4, 0.5) is 0 Å². The van der Waals surface area contributed by atoms with Crippen molar-refractivity contribution >= 4 is 5.91 Å². The van der Waals surface area contributed by atoms with Gasteiger partial charge in [0.2, 0.25) is 5.89 Å². The van der Waals surface area contributed by atoms with Crippen LogP contribution in [0.15, 0.2) is 47.5 Å². The molecule has 3 aromatic rings. The minimum Gasteiger partial charge on any atom is -0.444 e. The molecule has 8 heteroatoms. The summed E-state index contributed by atoms with van der Waals surface area (Å²) in [6.45, 7) is 1.86. The van der Waals surface area contributed by atoms with Crippen molar-refractivity contribution in [1.82, 2.24) is 30.0 Å². The summed E-state index contributed by atoms with van der Waals surface area (Å²) in [6.07, 6.45) is 8.43. The second-order valence-corrected chi connectivity index (χ2v) is 6.30. The quantitative estimate of drug-likeness (QED) is 0.769. The van der Waals surface area contributed by atoms with Crippen LogP contribution in [0.5, 0.6) is 0 Å². The first-order chi connectivity index (χ1) is 12.7. The Morgan fingerprint density at radius 2 is 2.19 bits per heavy atom. The van der Waals surface area contributed by atoms with Gasteiger partial charge < -0.3 is 14.6 Å². The number of carbonyl (C=O) groups excluding carboxylic acids is 1. The highest BCUT2D eigenvalue weighted by atomic mass is 16.3. The number of oxazole rings is 1. The standard InChI is InChI=1S/C18H20N6O2/c1-23(14-5-8-19-9-6-14)18(25)15-12-26-17(22-15)13-10-21-24(11-13)16-4-2-3-7-20-16/h2-4,7,10-12,14,19H,5-6,8-9H2,1H3. The lowest BCUT2D eigenvalue weighted by Gasteiger charge is -2.31. The molecule has 1 fully saturated rings. The average Bonchev–Trinajstić information content (AvgIpc) is 3.38. The number of carbonyl (C=O) groups is 1. The van der Waals surface area contributed by atoms with E-state index in [4.69, 9.17) is 4.42 Å². The van der Waals surface area contributed by atoms with Crippen LogP contribution in [0.3, 0.4) is 0 Å². The van der Waals surface area contributed by atoms with Gasteiger partial charge in [-0.25, -0.2) is 14.6 Å². The minimum absolute atomic E-state index is 0.121. The molecular weight excluding hydrogens is 332 g/mol. The number of aromatic nitrogens is 4. The molecule has 0 saturated carbocycles. The lowest BCUT2D eigenvalue weighted by molar-refractivity contribution is 0.0697. The topological polar surface area (TPSA) is 89.1 Å². The van der Waals surface area contributed by atoms with E-state index in [0.29, 0.717) is 23.0 Å². The number of hydrogen-bond acceptors (Lipinski definition) is 6. The highest BCUT2D eigenvalue weighted by molar-refractivity contribution is 5.92. The van der Waals surface area contributed by atoms with E-state index in [0.717, 1.165) is 25.9 Å². The summed E-state index contributed by atoms with van der Waals surface area (Å²) >= 11 is 0. The number of piperidine rings is 1. The molecule has 0 atom stereocenters. The molecular formula is C18H20N6O2. The van der Waals surface area contributed by atoms with Crippen molar-refractivity contribution in [2.24, 2.45) is 0 Å². The molecule has 1 saturated heterocycles. The Morgan fingerprint density at radius 1 is 1.35 bits per heavy atom. The van der Waals surface area contributed by atoms with Crippen LogP contribution < -0.4 is 5.32 Å². The monoisotopic (exact) mass is 352 g/mol. The number of pyridine rings is 1. The van der Waals surface area contributed by atoms with Crippen LogP contribution >= 0.6 is 0 Å². The van der Waals surface area contributed by atoms with Crippen molar-refractivity contribution in [2.45, 2.75) is 18.9 Å². The van der Waals surface area contributed by atoms with Crippen LogP contribution in [-0.2, 0) is 0 Å². The summed E-state index contributed by atoms with van der Waals surface area (Å²) < 4.78 is 7.15. The normalized spacial score (nSPS) is 15.1. The first-order valence-electron chi connectivity index (χ1n) is 8.62. The maximum Gasteiger partial charge on any atom is 0.275 e. The van der Waals surface area contributed by atoms with Gasteiger partial charge in [0.25, 0.3) is 5.91 Å². The smallest absolute Gasteiger partial charge is 0.275 e. The maximum atomic E-state index is 12.7. The molecule has 3 aromatic heterocycles. The molecule has 8 nitrogen and oxygen atoms in total. The summed E-state index contributed by atoms with van der Waals surface area (Å²) in [6, 6.07) is 5.83. The third-order valence-corrected chi connectivity index (χ3v) is 4.61. The second-order valence-electron chi connectivity index (χ2n) is 6.30. The second kappa shape index (κ2) is 7.09. The molecule has 0 aliphatic carbocycles. The summed E-state index contributed by atoms with van der Waals surface area (Å²) in [5.41, 5.74) is 1.01. The third-order valence-electron chi connectivity index (χ3n) is 4.61. The Kier molecular flexibility index (Phi) is 4.49. The van der Waals surface area contributed by atoms with Gasteiger partial charge in [-0.3, -0.25) is 4.79 Å². The molecule has 1 amide bonds. The van der Waals surface area contributed by atoms with Crippen LogP contribution in [0.25, 0.3) is 17.3 Å². The van der Waals surface area contributed by atoms with Gasteiger partial charge in [-0.05, 0) is 38.1 Å². The zero-order chi connectivity index (χ0) is 17.9. The minimum atomic E-state index is -0.121. The molecule has 0 aromatic carbocycles. The van der Waals surface area contributed by atoms with Crippen LogP contribution in [0.1, 0.15) is 23.3 Å². The van der Waals surface area contributed by atoms with Gasteiger partial charge in [-0.15, -0.1) is 0 Å². The van der Waals surface area contributed by atoms with Crippen molar-refractivity contribution in [3.05, 3.63) is 48.7 Å². The lowest BCUT2D eigenvalue weighted by Crippen LogP contribution is -2.44. The Bertz CT molecular complexity index is 882. The zero-order valence-electron chi connectivity index (χ0n) is 14.5. The van der Waals surface area contributed by atoms with E-state index in [-0.39, 0.29) is 11.9 Å². The Balaban J connectivity index is 1.51. The highest BCUT2D eigenvalue weighted by Gasteiger charge is 2.25. The van der Waals surface area contributed by atoms with Crippen LogP contribution in [-0.4, -0.2) is 56.7 Å². The molecule has 1 aliphatic rings. The fourth-order valence-electron chi connectivity index (χ4n) is 3.09. The Hall–Kier alpha value is -3.00. The van der Waals surface area contributed by atoms with Gasteiger partial charge in [0, 0.05) is 25.5 Å². The van der Waals surface area contributed by atoms with Crippen molar-refractivity contribution in [1.29, 1.82) is 0 Å². The zero-order valence-corrected chi connectivity index (χ0v) is 14.5. The SMILES string of the molecule is CN(C(=O)c1coc(-c2cnn(-c3ccccn3)c2)n1)C1CCNCC1. The van der Waals surface area contributed by atoms with Crippen molar-refractivity contribution in [3.8, 4) is 17.3 Å². The predicted molar refractivity (Wildman–Crippen MR) is 94.8 cm³/mol. The molecule has 0 spiro atoms. The van der Waals surface area contributed by atoms with Crippen molar-refractivity contribution < 1.29 is 9.21 Å². The molecule has 1 N–H and O–H groups in total. The highest BCUT2D eigenvalue weighted by Crippen LogP contribution is 2.21. The van der Waals surface area contributed by atoms with E-state index in [1.165, 1.54) is 6.26 Å². The number of rotatable bonds is 4. The lowest BCUT2D eigenvalue weighted by atomic mass is 10.1. The molecule has 0 unspecified atom stereocenters. The number of hydrogen-bond donors (Lipinski definition) is 1. The van der Waals surface area contributed by atoms with Gasteiger partial charge in [-0.1, -0.05) is 6.07 Å². The predicted octanol–water partition coefficient (Wildman–Crippen LogP) is 1.75. The van der Waals surface area contributed by atoms with E-state index >= 15 is 0 Å². The molecule has 0 bridgehead atoms. The number of amides is 1. The van der Waals surface area contributed by atoms with Gasteiger partial charge in [0.15, 0.2) is 11.5 Å². The van der Waals surface area contributed by atoms with E-state index in [9.17, 15) is 4.79 Å². The number of nitrogens with zero attached hydrogens (tertiary/aromatic N) is 5. The van der Waals surface area contributed by atoms with Crippen LogP contribution in [0, 0.1) is 0 Å². The van der Waals surface area contributed by atoms with E-state index in [1.54, 1.807) is 28.2 Å². The third kappa shape index (κ3) is 3.23. The molecule has 4 heterocycles. The molecule has 134 valence electrons. The van der Waals surface area contributed by atoms with E-state index in [2.05, 4.69) is 20.4 Å². The first-order valence-corrected chi connectivity index (χ1v) is 8.62. The first kappa shape index (κ1) is 16.5. The van der Waals surface area contributed by atoms with Crippen LogP contribution in [0.2, 0.25) is 0 Å². The van der Waals surface area contributed by atoms with Gasteiger partial charge in [0.1, 0.15) is 6.26 Å². The summed E-state index contributed by atoms with van der Waals surface area (Å²) in [5.74, 6) is 0.950. The Labute approximate surface area is 150 Å². The van der Waals surface area contributed by atoms with E-state index in [1.807, 2.05) is 25.2 Å². The average molecular weight is 352 g/mol. The maximum absolute atomic E-state index is 12.7. The van der Waals surface area contributed by atoms with Gasteiger partial charge in [0.05, 0.1) is 11.8 Å². The summed E-state index contributed by atoms with van der Waals surface area (Å²) in [7, 11) is 1.83. The molecule has 4 rings (SSSR count). The van der Waals surface area contributed by atoms with Gasteiger partial charge >= 0.3 is 0 Å². The fraction of sp³-hybridized carbons (Fsp3) is 0.333. The van der Waals surface area contributed by atoms with Crippen molar-refractivity contribution in [3.63, 3.8) is 0 Å². The van der Waals surface area contributed by atoms with E-state index < -0.39 is 0 Å². The largest absolute Gasteiger partial charge is 0.444 e. The summed E-state index contributed by atoms with van der Waals surface area (Å²) in [5, 5.41) is 7.58. The molecule has 1 aliphatic heterocycles. The summed E-state index contributed by atoms with van der Waals surface area (Å²) in [4.78, 5) is 23.0. The molecule has 26 heavy (non-hydrogen) atoms. The van der Waals surface area contributed by atoms with Gasteiger partial charge in [-0.2, -0.15) is 5.10 Å². The fourth-order valence-corrected chi connectivity index (χ4v) is 3.09. The Morgan fingerprint density at radius 3 is 2.96 bits per heavy atom. The molecule has 0 radical (unpaired) electrons. The number of nitrogens with one attached hydrogen (secondary N) is 1.